The van der Waals surface area contributed by atoms with Gasteiger partial charge in [-0.15, -0.1) is 0 Å². The van der Waals surface area contributed by atoms with Crippen molar-refractivity contribution in [1.82, 2.24) is 0 Å². The predicted octanol–water partition coefficient (Wildman–Crippen LogP) is 0.986. The third-order valence-corrected chi connectivity index (χ3v) is 1.89. The minimum Gasteiger partial charge on any atom is -0.508 e. The van der Waals surface area contributed by atoms with Crippen LogP contribution in [0.2, 0.25) is 0 Å². The Labute approximate surface area is 82.7 Å². The molecule has 1 unspecified atom stereocenters. The van der Waals surface area contributed by atoms with Gasteiger partial charge in [0.05, 0.1) is 6.04 Å². The summed E-state index contributed by atoms with van der Waals surface area (Å²) in [6, 6.07) is 4.38. The molecule has 0 aliphatic rings. The van der Waals surface area contributed by atoms with Crippen LogP contribution in [0.3, 0.4) is 0 Å². The van der Waals surface area contributed by atoms with E-state index in [0.29, 0.717) is 5.69 Å². The fourth-order valence-electron chi connectivity index (χ4n) is 0.943. The van der Waals surface area contributed by atoms with Crippen LogP contribution < -0.4 is 11.1 Å². The summed E-state index contributed by atoms with van der Waals surface area (Å²) in [5.74, 6) is -0.110. The highest BCUT2D eigenvalue weighted by Crippen LogP contribution is 2.20. The summed E-state index contributed by atoms with van der Waals surface area (Å²) < 4.78 is 0. The molecule has 76 valence electrons. The molecule has 4 heteroatoms. The van der Waals surface area contributed by atoms with Crippen LogP contribution in [0.1, 0.15) is 12.5 Å². The SMILES string of the molecule is Cc1ccc(NC(=O)C(C)N)cc1O. The molecule has 1 rings (SSSR count). The third-order valence-electron chi connectivity index (χ3n) is 1.89. The van der Waals surface area contributed by atoms with Crippen molar-refractivity contribution in [3.63, 3.8) is 0 Å². The number of nitrogens with one attached hydrogen (secondary N) is 1. The fourth-order valence-corrected chi connectivity index (χ4v) is 0.943. The van der Waals surface area contributed by atoms with Gasteiger partial charge in [-0.3, -0.25) is 4.79 Å². The minimum absolute atomic E-state index is 0.160. The van der Waals surface area contributed by atoms with Gasteiger partial charge in [-0.2, -0.15) is 0 Å². The number of carbonyl (C=O) groups excluding carboxylic acids is 1. The Kier molecular flexibility index (Phi) is 3.09. The molecule has 0 fully saturated rings. The summed E-state index contributed by atoms with van der Waals surface area (Å²) >= 11 is 0. The lowest BCUT2D eigenvalue weighted by molar-refractivity contribution is -0.117. The van der Waals surface area contributed by atoms with Crippen LogP contribution in [0.4, 0.5) is 5.69 Å². The number of phenols is 1. The zero-order valence-corrected chi connectivity index (χ0v) is 8.24. The van der Waals surface area contributed by atoms with Crippen LogP contribution in [0.5, 0.6) is 5.75 Å². The van der Waals surface area contributed by atoms with Crippen molar-refractivity contribution in [2.75, 3.05) is 5.32 Å². The number of phenolic OH excluding ortho intramolecular Hbond substituents is 1. The van der Waals surface area contributed by atoms with Gasteiger partial charge in [0, 0.05) is 11.8 Å². The highest BCUT2D eigenvalue weighted by molar-refractivity contribution is 5.94. The number of hydrogen-bond acceptors (Lipinski definition) is 3. The summed E-state index contributed by atoms with van der Waals surface area (Å²) in [5.41, 5.74) is 6.70. The van der Waals surface area contributed by atoms with E-state index in [4.69, 9.17) is 5.73 Å². The lowest BCUT2D eigenvalue weighted by atomic mass is 10.2. The molecule has 0 bridgehead atoms. The Hall–Kier alpha value is -1.55. The van der Waals surface area contributed by atoms with E-state index in [1.54, 1.807) is 26.0 Å². The summed E-state index contributed by atoms with van der Waals surface area (Å²) in [4.78, 5) is 11.2. The van der Waals surface area contributed by atoms with Gasteiger partial charge in [-0.25, -0.2) is 0 Å². The summed E-state index contributed by atoms with van der Waals surface area (Å²) in [7, 11) is 0. The van der Waals surface area contributed by atoms with E-state index in [-0.39, 0.29) is 11.7 Å². The quantitative estimate of drug-likeness (QED) is 0.657. The summed E-state index contributed by atoms with van der Waals surface area (Å²) in [6.07, 6.45) is 0. The number of anilines is 1. The highest BCUT2D eigenvalue weighted by Gasteiger charge is 2.07. The molecule has 14 heavy (non-hydrogen) atoms. The first-order valence-corrected chi connectivity index (χ1v) is 4.37. The van der Waals surface area contributed by atoms with Crippen LogP contribution in [0.25, 0.3) is 0 Å². The Bertz CT molecular complexity index is 348. The van der Waals surface area contributed by atoms with Gasteiger partial charge in [0.2, 0.25) is 5.91 Å². The number of carbonyl (C=O) groups is 1. The zero-order chi connectivity index (χ0) is 10.7. The van der Waals surface area contributed by atoms with E-state index < -0.39 is 6.04 Å². The van der Waals surface area contributed by atoms with Gasteiger partial charge < -0.3 is 16.2 Å². The maximum atomic E-state index is 11.2. The molecule has 0 heterocycles. The molecule has 0 spiro atoms. The largest absolute Gasteiger partial charge is 0.508 e. The smallest absolute Gasteiger partial charge is 0.241 e. The molecule has 4 N–H and O–H groups in total. The number of rotatable bonds is 2. The van der Waals surface area contributed by atoms with Gasteiger partial charge in [0.1, 0.15) is 5.75 Å². The normalized spacial score (nSPS) is 12.2. The van der Waals surface area contributed by atoms with E-state index >= 15 is 0 Å². The van der Waals surface area contributed by atoms with Crippen LogP contribution in [0.15, 0.2) is 18.2 Å². The van der Waals surface area contributed by atoms with Crippen LogP contribution in [-0.2, 0) is 4.79 Å². The molecule has 4 nitrogen and oxygen atoms in total. The first-order valence-electron chi connectivity index (χ1n) is 4.37. The van der Waals surface area contributed by atoms with Crippen molar-refractivity contribution in [3.8, 4) is 5.75 Å². The number of aryl methyl sites for hydroxylation is 1. The Balaban J connectivity index is 2.78. The van der Waals surface area contributed by atoms with E-state index in [1.807, 2.05) is 0 Å². The Morgan fingerprint density at radius 3 is 2.71 bits per heavy atom. The van der Waals surface area contributed by atoms with Gasteiger partial charge in [0.15, 0.2) is 0 Å². The molecular weight excluding hydrogens is 180 g/mol. The van der Waals surface area contributed by atoms with Crippen LogP contribution >= 0.6 is 0 Å². The first-order chi connectivity index (χ1) is 6.50. The second-order valence-electron chi connectivity index (χ2n) is 3.28. The van der Waals surface area contributed by atoms with E-state index in [1.165, 1.54) is 6.07 Å². The van der Waals surface area contributed by atoms with Crippen LogP contribution in [0, 0.1) is 6.92 Å². The fraction of sp³-hybridized carbons (Fsp3) is 0.300. The van der Waals surface area contributed by atoms with E-state index in [2.05, 4.69) is 5.32 Å². The number of amides is 1. The topological polar surface area (TPSA) is 75.4 Å². The Morgan fingerprint density at radius 1 is 1.57 bits per heavy atom. The second kappa shape index (κ2) is 4.11. The second-order valence-corrected chi connectivity index (χ2v) is 3.28. The monoisotopic (exact) mass is 194 g/mol. The minimum atomic E-state index is -0.557. The standard InChI is InChI=1S/C10H14N2O2/c1-6-3-4-8(5-9(6)13)12-10(14)7(2)11/h3-5,7,13H,11H2,1-2H3,(H,12,14). The van der Waals surface area contributed by atoms with Crippen molar-refractivity contribution in [3.05, 3.63) is 23.8 Å². The first kappa shape index (κ1) is 10.5. The lowest BCUT2D eigenvalue weighted by Gasteiger charge is -2.08. The molecule has 0 aliphatic heterocycles. The molecule has 1 aromatic rings. The summed E-state index contributed by atoms with van der Waals surface area (Å²) in [6.45, 7) is 3.38. The predicted molar refractivity (Wildman–Crippen MR) is 55.1 cm³/mol. The average molecular weight is 194 g/mol. The molecule has 0 aromatic heterocycles. The van der Waals surface area contributed by atoms with Gasteiger partial charge >= 0.3 is 0 Å². The van der Waals surface area contributed by atoms with Gasteiger partial charge in [0.25, 0.3) is 0 Å². The van der Waals surface area contributed by atoms with Crippen LogP contribution in [-0.4, -0.2) is 17.1 Å². The van der Waals surface area contributed by atoms with Gasteiger partial charge in [-0.05, 0) is 25.5 Å². The Morgan fingerprint density at radius 2 is 2.21 bits per heavy atom. The highest BCUT2D eigenvalue weighted by atomic mass is 16.3. The molecule has 0 radical (unpaired) electrons. The molecule has 0 saturated heterocycles. The van der Waals surface area contributed by atoms with Crippen molar-refractivity contribution < 1.29 is 9.90 Å². The van der Waals surface area contributed by atoms with E-state index in [0.717, 1.165) is 5.56 Å². The molecule has 0 saturated carbocycles. The van der Waals surface area contributed by atoms with Gasteiger partial charge in [-0.1, -0.05) is 6.07 Å². The number of nitrogens with two attached hydrogens (primary N) is 1. The number of hydrogen-bond donors (Lipinski definition) is 3. The number of aromatic hydroxyl groups is 1. The lowest BCUT2D eigenvalue weighted by Crippen LogP contribution is -2.32. The van der Waals surface area contributed by atoms with Crippen molar-refractivity contribution in [1.29, 1.82) is 0 Å². The third kappa shape index (κ3) is 2.47. The molecule has 1 atom stereocenters. The average Bonchev–Trinajstić information content (AvgIpc) is 2.11. The molecular formula is C10H14N2O2. The number of benzene rings is 1. The molecule has 1 aromatic carbocycles. The summed E-state index contributed by atoms with van der Waals surface area (Å²) in [5, 5.41) is 12.0. The zero-order valence-electron chi connectivity index (χ0n) is 8.24. The van der Waals surface area contributed by atoms with E-state index in [9.17, 15) is 9.90 Å². The maximum absolute atomic E-state index is 11.2. The molecule has 0 aliphatic carbocycles. The maximum Gasteiger partial charge on any atom is 0.241 e. The van der Waals surface area contributed by atoms with Crippen molar-refractivity contribution >= 4 is 11.6 Å². The molecule has 1 amide bonds. The van der Waals surface area contributed by atoms with Crippen molar-refractivity contribution in [2.45, 2.75) is 19.9 Å². The van der Waals surface area contributed by atoms with Crippen molar-refractivity contribution in [2.24, 2.45) is 5.73 Å².